The molecule has 126 valence electrons. The number of hydrogen-bond donors (Lipinski definition) is 2. The van der Waals surface area contributed by atoms with E-state index in [9.17, 15) is 13.2 Å². The molecule has 24 heavy (non-hydrogen) atoms. The minimum atomic E-state index is -3.60. The number of sulfonamides is 1. The summed E-state index contributed by atoms with van der Waals surface area (Å²) in [5.74, 6) is -0.349. The SMILES string of the molecule is NS(=O)(=O)CCNC(=O)OCC1c2ccccc2-c2ccccc21. The van der Waals surface area contributed by atoms with Gasteiger partial charge in [0.2, 0.25) is 10.0 Å². The summed E-state index contributed by atoms with van der Waals surface area (Å²) >= 11 is 0. The average molecular weight is 346 g/mol. The second-order valence-electron chi connectivity index (χ2n) is 5.62. The largest absolute Gasteiger partial charge is 0.449 e. The van der Waals surface area contributed by atoms with Crippen LogP contribution in [0.5, 0.6) is 0 Å². The Morgan fingerprint density at radius 3 is 2.12 bits per heavy atom. The fourth-order valence-corrected chi connectivity index (χ4v) is 3.33. The maximum absolute atomic E-state index is 11.7. The Balaban J connectivity index is 1.66. The number of amides is 1. The molecule has 0 saturated carbocycles. The van der Waals surface area contributed by atoms with Crippen LogP contribution in [-0.4, -0.2) is 33.4 Å². The number of hydrogen-bond acceptors (Lipinski definition) is 4. The lowest BCUT2D eigenvalue weighted by Gasteiger charge is -2.14. The number of primary sulfonamides is 1. The van der Waals surface area contributed by atoms with Crippen molar-refractivity contribution in [2.75, 3.05) is 18.9 Å². The summed E-state index contributed by atoms with van der Waals surface area (Å²) in [6.45, 7) is 0.116. The fraction of sp³-hybridized carbons (Fsp3) is 0.235. The monoisotopic (exact) mass is 346 g/mol. The number of nitrogens with two attached hydrogens (primary N) is 1. The third kappa shape index (κ3) is 3.58. The molecule has 1 amide bonds. The summed E-state index contributed by atoms with van der Waals surface area (Å²) < 4.78 is 26.9. The lowest BCUT2D eigenvalue weighted by atomic mass is 9.98. The Labute approximate surface area is 140 Å². The molecule has 1 aliphatic carbocycles. The first-order chi connectivity index (χ1) is 11.5. The van der Waals surface area contributed by atoms with Gasteiger partial charge in [0, 0.05) is 12.5 Å². The lowest BCUT2D eigenvalue weighted by Crippen LogP contribution is -2.32. The average Bonchev–Trinajstić information content (AvgIpc) is 2.86. The van der Waals surface area contributed by atoms with Gasteiger partial charge in [-0.15, -0.1) is 0 Å². The molecule has 0 fully saturated rings. The van der Waals surface area contributed by atoms with Crippen LogP contribution in [0.2, 0.25) is 0 Å². The molecule has 0 heterocycles. The molecule has 0 aliphatic heterocycles. The van der Waals surface area contributed by atoms with Crippen molar-refractivity contribution in [1.82, 2.24) is 5.32 Å². The van der Waals surface area contributed by atoms with Crippen molar-refractivity contribution in [1.29, 1.82) is 0 Å². The zero-order valence-electron chi connectivity index (χ0n) is 12.9. The van der Waals surface area contributed by atoms with Crippen LogP contribution in [0.4, 0.5) is 4.79 Å². The molecule has 6 nitrogen and oxygen atoms in total. The molecule has 0 spiro atoms. The van der Waals surface area contributed by atoms with E-state index in [-0.39, 0.29) is 24.8 Å². The Bertz CT molecular complexity index is 819. The molecule has 0 bridgehead atoms. The minimum absolute atomic E-state index is 0.0265. The Kier molecular flexibility index (Phi) is 4.55. The number of nitrogens with one attached hydrogen (secondary N) is 1. The van der Waals surface area contributed by atoms with Gasteiger partial charge in [0.15, 0.2) is 0 Å². The first kappa shape index (κ1) is 16.5. The van der Waals surface area contributed by atoms with Crippen molar-refractivity contribution in [2.45, 2.75) is 5.92 Å². The molecule has 2 aromatic carbocycles. The topological polar surface area (TPSA) is 98.5 Å². The molecule has 1 aliphatic rings. The summed E-state index contributed by atoms with van der Waals surface area (Å²) in [6, 6.07) is 16.1. The Hall–Kier alpha value is -2.38. The predicted molar refractivity (Wildman–Crippen MR) is 91.0 cm³/mol. The highest BCUT2D eigenvalue weighted by Crippen LogP contribution is 2.44. The van der Waals surface area contributed by atoms with Crippen molar-refractivity contribution in [3.63, 3.8) is 0 Å². The van der Waals surface area contributed by atoms with Gasteiger partial charge < -0.3 is 10.1 Å². The summed E-state index contributed by atoms with van der Waals surface area (Å²) in [7, 11) is -3.60. The minimum Gasteiger partial charge on any atom is -0.449 e. The number of alkyl carbamates (subject to hydrolysis) is 1. The Morgan fingerprint density at radius 2 is 1.58 bits per heavy atom. The van der Waals surface area contributed by atoms with Crippen molar-refractivity contribution >= 4 is 16.1 Å². The molecular formula is C17H18N2O4S. The number of ether oxygens (including phenoxy) is 1. The molecule has 0 radical (unpaired) electrons. The van der Waals surface area contributed by atoms with Crippen LogP contribution in [0, 0.1) is 0 Å². The summed E-state index contributed by atoms with van der Waals surface area (Å²) in [5, 5.41) is 7.27. The smallest absolute Gasteiger partial charge is 0.407 e. The summed E-state index contributed by atoms with van der Waals surface area (Å²) in [4.78, 5) is 11.7. The van der Waals surface area contributed by atoms with Crippen LogP contribution in [0.15, 0.2) is 48.5 Å². The van der Waals surface area contributed by atoms with Gasteiger partial charge in [-0.1, -0.05) is 48.5 Å². The molecule has 3 N–H and O–H groups in total. The van der Waals surface area contributed by atoms with E-state index in [0.29, 0.717) is 0 Å². The van der Waals surface area contributed by atoms with E-state index < -0.39 is 16.1 Å². The fourth-order valence-electron chi connectivity index (χ4n) is 2.94. The third-order valence-corrected chi connectivity index (χ3v) is 4.77. The van der Waals surface area contributed by atoms with E-state index in [2.05, 4.69) is 17.4 Å². The van der Waals surface area contributed by atoms with Crippen LogP contribution in [0.1, 0.15) is 17.0 Å². The molecule has 2 aromatic rings. The van der Waals surface area contributed by atoms with Gasteiger partial charge >= 0.3 is 6.09 Å². The third-order valence-electron chi connectivity index (χ3n) is 4.00. The van der Waals surface area contributed by atoms with Gasteiger partial charge in [0.05, 0.1) is 5.75 Å². The van der Waals surface area contributed by atoms with Crippen molar-refractivity contribution in [3.8, 4) is 11.1 Å². The highest BCUT2D eigenvalue weighted by molar-refractivity contribution is 7.89. The van der Waals surface area contributed by atoms with Gasteiger partial charge in [0.1, 0.15) is 6.61 Å². The van der Waals surface area contributed by atoms with Crippen molar-refractivity contribution < 1.29 is 17.9 Å². The van der Waals surface area contributed by atoms with E-state index in [0.717, 1.165) is 22.3 Å². The van der Waals surface area contributed by atoms with Crippen LogP contribution in [0.3, 0.4) is 0 Å². The predicted octanol–water partition coefficient (Wildman–Crippen LogP) is 1.81. The van der Waals surface area contributed by atoms with Gasteiger partial charge in [-0.2, -0.15) is 0 Å². The van der Waals surface area contributed by atoms with E-state index in [1.807, 2.05) is 36.4 Å². The normalized spacial score (nSPS) is 13.2. The highest BCUT2D eigenvalue weighted by atomic mass is 32.2. The Morgan fingerprint density at radius 1 is 1.04 bits per heavy atom. The van der Waals surface area contributed by atoms with Crippen LogP contribution in [0.25, 0.3) is 11.1 Å². The van der Waals surface area contributed by atoms with Gasteiger partial charge in [-0.25, -0.2) is 18.4 Å². The van der Waals surface area contributed by atoms with E-state index in [4.69, 9.17) is 9.88 Å². The molecule has 7 heteroatoms. The van der Waals surface area contributed by atoms with E-state index >= 15 is 0 Å². The summed E-state index contributed by atoms with van der Waals surface area (Å²) in [6.07, 6.45) is -0.652. The number of fused-ring (bicyclic) bond motifs is 3. The molecule has 0 unspecified atom stereocenters. The second kappa shape index (κ2) is 6.62. The molecule has 3 rings (SSSR count). The number of carbonyl (C=O) groups excluding carboxylic acids is 1. The van der Waals surface area contributed by atoms with Gasteiger partial charge in [0.25, 0.3) is 0 Å². The molecule has 0 aromatic heterocycles. The van der Waals surface area contributed by atoms with Gasteiger partial charge in [-0.05, 0) is 22.3 Å². The quantitative estimate of drug-likeness (QED) is 0.862. The maximum atomic E-state index is 11.7. The first-order valence-electron chi connectivity index (χ1n) is 7.55. The number of rotatable bonds is 5. The molecule has 0 atom stereocenters. The zero-order valence-corrected chi connectivity index (χ0v) is 13.8. The van der Waals surface area contributed by atoms with Crippen LogP contribution >= 0.6 is 0 Å². The van der Waals surface area contributed by atoms with Crippen molar-refractivity contribution in [3.05, 3.63) is 59.7 Å². The lowest BCUT2D eigenvalue weighted by molar-refractivity contribution is 0.143. The molecular weight excluding hydrogens is 328 g/mol. The first-order valence-corrected chi connectivity index (χ1v) is 9.26. The highest BCUT2D eigenvalue weighted by Gasteiger charge is 2.28. The van der Waals surface area contributed by atoms with Crippen molar-refractivity contribution in [2.24, 2.45) is 5.14 Å². The summed E-state index contributed by atoms with van der Waals surface area (Å²) in [5.41, 5.74) is 4.54. The zero-order chi connectivity index (χ0) is 17.2. The van der Waals surface area contributed by atoms with E-state index in [1.165, 1.54) is 0 Å². The van der Waals surface area contributed by atoms with Gasteiger partial charge in [-0.3, -0.25) is 0 Å². The van der Waals surface area contributed by atoms with Crippen LogP contribution < -0.4 is 10.5 Å². The van der Waals surface area contributed by atoms with E-state index in [1.54, 1.807) is 0 Å². The maximum Gasteiger partial charge on any atom is 0.407 e. The number of carbonyl (C=O) groups is 1. The molecule has 0 saturated heterocycles. The standard InChI is InChI=1S/C17H18N2O4S/c18-24(21,22)10-9-19-17(20)23-11-16-14-7-3-1-5-12(14)13-6-2-4-8-15(13)16/h1-8,16H,9-11H2,(H,19,20)(H2,18,21,22). The second-order valence-corrected chi connectivity index (χ2v) is 7.35. The number of benzene rings is 2. The van der Waals surface area contributed by atoms with Crippen LogP contribution in [-0.2, 0) is 14.8 Å².